The first-order valence-corrected chi connectivity index (χ1v) is 15.1. The fourth-order valence-electron chi connectivity index (χ4n) is 5.30. The van der Waals surface area contributed by atoms with Gasteiger partial charge in [-0.3, -0.25) is 0 Å². The summed E-state index contributed by atoms with van der Waals surface area (Å²) in [5.41, 5.74) is 2.50. The predicted molar refractivity (Wildman–Crippen MR) is 143 cm³/mol. The molecule has 3 atom stereocenters. The minimum atomic E-state index is -3.78. The van der Waals surface area contributed by atoms with Crippen molar-refractivity contribution >= 4 is 21.6 Å². The smallest absolute Gasteiger partial charge is 0.182 e. The number of thioether (sulfide) groups is 1. The molecule has 7 heteroatoms. The molecule has 0 radical (unpaired) electrons. The highest BCUT2D eigenvalue weighted by molar-refractivity contribution is 7.98. The molecule has 0 saturated heterocycles. The van der Waals surface area contributed by atoms with E-state index in [9.17, 15) is 17.9 Å². The Kier molecular flexibility index (Phi) is 8.30. The van der Waals surface area contributed by atoms with E-state index >= 15 is 0 Å². The normalized spacial score (nSPS) is 20.9. The van der Waals surface area contributed by atoms with Gasteiger partial charge in [-0.05, 0) is 84.5 Å². The summed E-state index contributed by atoms with van der Waals surface area (Å²) in [6.45, 7) is 2.11. The lowest BCUT2D eigenvalue weighted by atomic mass is 9.80. The van der Waals surface area contributed by atoms with Crippen LogP contribution in [0.25, 0.3) is 0 Å². The standard InChI is InChI=1S/C29H33FO4S2/c1-4-5-6-21-16-24(20-9-11-22(30)12-10-20)25-17-27(35-3)26(31)18-29(25)36(32,33)28(21)15-19-7-13-23(34-2)14-8-19/h7-14,17-18,21,24,28,31H,4-6,15-16H2,1-3H3. The van der Waals surface area contributed by atoms with Crippen LogP contribution in [0.2, 0.25) is 0 Å². The first-order valence-electron chi connectivity index (χ1n) is 12.3. The van der Waals surface area contributed by atoms with Gasteiger partial charge in [0.05, 0.1) is 17.3 Å². The molecule has 0 spiro atoms. The minimum Gasteiger partial charge on any atom is -0.507 e. The number of halogens is 1. The van der Waals surface area contributed by atoms with Crippen LogP contribution < -0.4 is 4.74 Å². The molecule has 1 aliphatic heterocycles. The summed E-state index contributed by atoms with van der Waals surface area (Å²) in [6.07, 6.45) is 5.54. The second-order valence-corrected chi connectivity index (χ2v) is 12.4. The molecule has 0 aliphatic carbocycles. The van der Waals surface area contributed by atoms with E-state index in [-0.39, 0.29) is 28.3 Å². The Labute approximate surface area is 217 Å². The van der Waals surface area contributed by atoms with Crippen molar-refractivity contribution in [2.24, 2.45) is 5.92 Å². The van der Waals surface area contributed by atoms with Crippen LogP contribution in [-0.2, 0) is 16.3 Å². The lowest BCUT2D eigenvalue weighted by Gasteiger charge is -2.27. The molecule has 0 saturated carbocycles. The molecular formula is C29H33FO4S2. The van der Waals surface area contributed by atoms with Gasteiger partial charge in [-0.2, -0.15) is 0 Å². The Balaban J connectivity index is 1.89. The maximum Gasteiger partial charge on any atom is 0.182 e. The third-order valence-corrected chi connectivity index (χ3v) is 10.3. The van der Waals surface area contributed by atoms with Gasteiger partial charge in [-0.25, -0.2) is 12.8 Å². The third kappa shape index (κ3) is 5.42. The Bertz CT molecular complexity index is 1290. The average molecular weight is 529 g/mol. The fraction of sp³-hybridized carbons (Fsp3) is 0.379. The Morgan fingerprint density at radius 1 is 1.08 bits per heavy atom. The van der Waals surface area contributed by atoms with Gasteiger partial charge in [0.25, 0.3) is 0 Å². The summed E-state index contributed by atoms with van der Waals surface area (Å²) in [4.78, 5) is 0.819. The number of aromatic hydroxyl groups is 1. The molecular weight excluding hydrogens is 495 g/mol. The van der Waals surface area contributed by atoms with E-state index in [1.165, 1.54) is 30.0 Å². The van der Waals surface area contributed by atoms with Gasteiger partial charge in [0.1, 0.15) is 17.3 Å². The lowest BCUT2D eigenvalue weighted by molar-refractivity contribution is 0.390. The summed E-state index contributed by atoms with van der Waals surface area (Å²) in [5, 5.41) is 10.0. The summed E-state index contributed by atoms with van der Waals surface area (Å²) in [6, 6.07) is 17.2. The van der Waals surface area contributed by atoms with Gasteiger partial charge < -0.3 is 9.84 Å². The number of hydrogen-bond acceptors (Lipinski definition) is 5. The van der Waals surface area contributed by atoms with Crippen molar-refractivity contribution in [2.45, 2.75) is 60.0 Å². The number of hydrogen-bond donors (Lipinski definition) is 1. The Morgan fingerprint density at radius 2 is 1.78 bits per heavy atom. The van der Waals surface area contributed by atoms with Gasteiger partial charge in [-0.15, -0.1) is 11.8 Å². The van der Waals surface area contributed by atoms with Crippen LogP contribution >= 0.6 is 11.8 Å². The van der Waals surface area contributed by atoms with Gasteiger partial charge in [0.2, 0.25) is 0 Å². The van der Waals surface area contributed by atoms with E-state index in [1.54, 1.807) is 19.2 Å². The number of phenols is 1. The summed E-state index contributed by atoms with van der Waals surface area (Å²) < 4.78 is 47.7. The first-order chi connectivity index (χ1) is 17.3. The molecule has 4 rings (SSSR count). The average Bonchev–Trinajstić information content (AvgIpc) is 2.96. The number of fused-ring (bicyclic) bond motifs is 1. The van der Waals surface area contributed by atoms with Crippen LogP contribution in [0.5, 0.6) is 11.5 Å². The number of methoxy groups -OCH3 is 1. The molecule has 1 heterocycles. The molecule has 1 aliphatic rings. The van der Waals surface area contributed by atoms with E-state index in [2.05, 4.69) is 6.92 Å². The van der Waals surface area contributed by atoms with Gasteiger partial charge in [0.15, 0.2) is 9.84 Å². The van der Waals surface area contributed by atoms with E-state index < -0.39 is 15.1 Å². The van der Waals surface area contributed by atoms with E-state index in [4.69, 9.17) is 4.74 Å². The largest absolute Gasteiger partial charge is 0.507 e. The second-order valence-electron chi connectivity index (χ2n) is 9.44. The topological polar surface area (TPSA) is 63.6 Å². The monoisotopic (exact) mass is 528 g/mol. The highest BCUT2D eigenvalue weighted by atomic mass is 32.2. The van der Waals surface area contributed by atoms with Gasteiger partial charge in [-0.1, -0.05) is 44.0 Å². The lowest BCUT2D eigenvalue weighted by Crippen LogP contribution is -2.31. The number of ether oxygens (including phenoxy) is 1. The third-order valence-electron chi connectivity index (χ3n) is 7.25. The molecule has 3 unspecified atom stereocenters. The number of benzene rings is 3. The van der Waals surface area contributed by atoms with E-state index in [0.717, 1.165) is 36.1 Å². The molecule has 0 amide bonds. The number of sulfone groups is 1. The fourth-order valence-corrected chi connectivity index (χ4v) is 8.11. The maximum absolute atomic E-state index is 14.3. The quantitative estimate of drug-likeness (QED) is 0.319. The Hall–Kier alpha value is -2.51. The van der Waals surface area contributed by atoms with Crippen molar-refractivity contribution in [1.29, 1.82) is 0 Å². The van der Waals surface area contributed by atoms with E-state index in [1.807, 2.05) is 36.6 Å². The van der Waals surface area contributed by atoms with Gasteiger partial charge >= 0.3 is 0 Å². The SMILES string of the molecule is CCCCC1CC(c2ccc(F)cc2)c2cc(SC)c(O)cc2S(=O)(=O)C1Cc1ccc(OC)cc1. The minimum absolute atomic E-state index is 0.0297. The summed E-state index contributed by atoms with van der Waals surface area (Å²) in [5.74, 6) is 0.0544. The van der Waals surface area contributed by atoms with E-state index in [0.29, 0.717) is 23.3 Å². The van der Waals surface area contributed by atoms with Gasteiger partial charge in [0, 0.05) is 10.8 Å². The van der Waals surface area contributed by atoms with Crippen LogP contribution in [0.4, 0.5) is 4.39 Å². The number of unbranched alkanes of at least 4 members (excludes halogenated alkanes) is 1. The van der Waals surface area contributed by atoms with Crippen LogP contribution in [0.15, 0.2) is 70.5 Å². The maximum atomic E-state index is 14.3. The molecule has 0 fully saturated rings. The van der Waals surface area contributed by atoms with Crippen molar-refractivity contribution < 1.29 is 22.7 Å². The molecule has 36 heavy (non-hydrogen) atoms. The highest BCUT2D eigenvalue weighted by Crippen LogP contribution is 2.47. The zero-order chi connectivity index (χ0) is 25.9. The van der Waals surface area contributed by atoms with Crippen molar-refractivity contribution in [3.8, 4) is 11.5 Å². The molecule has 0 bridgehead atoms. The van der Waals surface area contributed by atoms with Crippen molar-refractivity contribution in [1.82, 2.24) is 0 Å². The zero-order valence-corrected chi connectivity index (χ0v) is 22.5. The van der Waals surface area contributed by atoms with Crippen LogP contribution in [0.3, 0.4) is 0 Å². The number of rotatable bonds is 8. The highest BCUT2D eigenvalue weighted by Gasteiger charge is 2.42. The van der Waals surface area contributed by atoms with Crippen molar-refractivity contribution in [3.05, 3.63) is 83.2 Å². The molecule has 192 valence electrons. The summed E-state index contributed by atoms with van der Waals surface area (Å²) >= 11 is 1.38. The predicted octanol–water partition coefficient (Wildman–Crippen LogP) is 6.99. The van der Waals surface area contributed by atoms with Crippen LogP contribution in [0.1, 0.15) is 55.2 Å². The molecule has 3 aromatic rings. The molecule has 0 aromatic heterocycles. The Morgan fingerprint density at radius 3 is 2.39 bits per heavy atom. The molecule has 4 nitrogen and oxygen atoms in total. The van der Waals surface area contributed by atoms with Crippen LogP contribution in [-0.4, -0.2) is 32.1 Å². The first kappa shape index (κ1) is 26.6. The second kappa shape index (κ2) is 11.3. The van der Waals surface area contributed by atoms with Crippen molar-refractivity contribution in [3.63, 3.8) is 0 Å². The summed E-state index contributed by atoms with van der Waals surface area (Å²) in [7, 11) is -2.18. The molecule has 1 N–H and O–H groups in total. The van der Waals surface area contributed by atoms with Crippen LogP contribution in [0, 0.1) is 11.7 Å². The van der Waals surface area contributed by atoms with Crippen molar-refractivity contribution in [2.75, 3.05) is 13.4 Å². The zero-order valence-electron chi connectivity index (χ0n) is 20.9. The number of phenolic OH excluding ortho intramolecular Hbond substituents is 1. The molecule has 3 aromatic carbocycles.